The van der Waals surface area contributed by atoms with E-state index in [-0.39, 0.29) is 17.6 Å². The van der Waals surface area contributed by atoms with Gasteiger partial charge in [0.2, 0.25) is 11.8 Å². The van der Waals surface area contributed by atoms with Crippen molar-refractivity contribution in [2.24, 2.45) is 0 Å². The summed E-state index contributed by atoms with van der Waals surface area (Å²) in [5.74, 6) is 1.55. The summed E-state index contributed by atoms with van der Waals surface area (Å²) < 4.78 is 6.43. The summed E-state index contributed by atoms with van der Waals surface area (Å²) >= 11 is 5.02. The monoisotopic (exact) mass is 582 g/mol. The minimum atomic E-state index is -0.619. The van der Waals surface area contributed by atoms with E-state index in [1.54, 1.807) is 23.8 Å². The molecule has 1 N–H and O–H groups in total. The van der Waals surface area contributed by atoms with Crippen LogP contribution in [0.5, 0.6) is 5.75 Å². The largest absolute Gasteiger partial charge is 0.497 e. The normalized spacial score (nSPS) is 11.5. The van der Waals surface area contributed by atoms with Crippen LogP contribution in [0.4, 0.5) is 0 Å². The van der Waals surface area contributed by atoms with Gasteiger partial charge in [-0.2, -0.15) is 0 Å². The number of amides is 2. The number of methoxy groups -OCH3 is 1. The van der Waals surface area contributed by atoms with Crippen molar-refractivity contribution in [2.75, 3.05) is 19.4 Å². The zero-order chi connectivity index (χ0) is 26.5. The molecule has 0 aromatic heterocycles. The Bertz CT molecular complexity index is 1130. The molecule has 0 heterocycles. The fraction of sp³-hybridized carbons (Fsp3) is 0.333. The molecule has 3 rings (SSSR count). The number of rotatable bonds is 14. The number of carbonyl (C=O) groups excluding carboxylic acids is 2. The molecule has 0 fully saturated rings. The first-order valence-corrected chi connectivity index (χ1v) is 14.5. The maximum Gasteiger partial charge on any atom is 0.243 e. The van der Waals surface area contributed by atoms with Gasteiger partial charge in [-0.05, 0) is 47.4 Å². The number of halogens is 1. The Hall–Kier alpha value is -2.77. The zero-order valence-corrected chi connectivity index (χ0v) is 23.9. The minimum Gasteiger partial charge on any atom is -0.497 e. The van der Waals surface area contributed by atoms with Crippen LogP contribution in [0.25, 0.3) is 0 Å². The van der Waals surface area contributed by atoms with E-state index in [2.05, 4.69) is 40.3 Å². The molecule has 3 aromatic rings. The molecule has 1 atom stereocenters. The van der Waals surface area contributed by atoms with Gasteiger partial charge in [-0.25, -0.2) is 0 Å². The lowest BCUT2D eigenvalue weighted by Gasteiger charge is -2.31. The van der Waals surface area contributed by atoms with Crippen molar-refractivity contribution in [3.8, 4) is 5.75 Å². The molecule has 37 heavy (non-hydrogen) atoms. The van der Waals surface area contributed by atoms with Crippen molar-refractivity contribution in [3.63, 3.8) is 0 Å². The number of unbranched alkanes of at least 4 members (excludes halogenated alkanes) is 1. The molecule has 0 radical (unpaired) electrons. The summed E-state index contributed by atoms with van der Waals surface area (Å²) in [5.41, 5.74) is 3.09. The van der Waals surface area contributed by atoms with Crippen LogP contribution < -0.4 is 10.1 Å². The smallest absolute Gasteiger partial charge is 0.243 e. The topological polar surface area (TPSA) is 58.6 Å². The quantitative estimate of drug-likeness (QED) is 0.228. The number of thioether (sulfide) groups is 1. The Morgan fingerprint density at radius 1 is 0.973 bits per heavy atom. The van der Waals surface area contributed by atoms with E-state index in [1.807, 2.05) is 66.7 Å². The van der Waals surface area contributed by atoms with Gasteiger partial charge in [0, 0.05) is 29.7 Å². The second kappa shape index (κ2) is 15.5. The van der Waals surface area contributed by atoms with E-state index in [0.717, 1.165) is 45.5 Å². The van der Waals surface area contributed by atoms with Crippen LogP contribution in [0.15, 0.2) is 83.3 Å². The third kappa shape index (κ3) is 9.56. The lowest BCUT2D eigenvalue weighted by Crippen LogP contribution is -2.51. The molecule has 0 saturated carbocycles. The van der Waals surface area contributed by atoms with Gasteiger partial charge < -0.3 is 15.0 Å². The molecule has 0 aliphatic carbocycles. The molecule has 3 aromatic carbocycles. The fourth-order valence-electron chi connectivity index (χ4n) is 3.95. The molecule has 0 aliphatic heterocycles. The standard InChI is InChI=1S/C30H35BrN2O3S/c1-3-4-17-32-30(35)28(19-23-9-6-5-7-10-23)33(20-25-11-8-12-27(18-25)36-2)29(34)22-37-21-24-13-15-26(31)16-14-24/h5-16,18,28H,3-4,17,19-22H2,1-2H3,(H,32,35)/t28-/m0/s1. The highest BCUT2D eigenvalue weighted by molar-refractivity contribution is 9.10. The van der Waals surface area contributed by atoms with Gasteiger partial charge in [0.15, 0.2) is 0 Å². The SMILES string of the molecule is CCCCNC(=O)[C@H](Cc1ccccc1)N(Cc1cccc(OC)c1)C(=O)CSCc1ccc(Br)cc1. The van der Waals surface area contributed by atoms with Crippen LogP contribution >= 0.6 is 27.7 Å². The van der Waals surface area contributed by atoms with Gasteiger partial charge in [0.25, 0.3) is 0 Å². The van der Waals surface area contributed by atoms with Crippen LogP contribution in [-0.4, -0.2) is 42.2 Å². The van der Waals surface area contributed by atoms with Crippen molar-refractivity contribution in [1.82, 2.24) is 10.2 Å². The highest BCUT2D eigenvalue weighted by Gasteiger charge is 2.30. The zero-order valence-electron chi connectivity index (χ0n) is 21.5. The van der Waals surface area contributed by atoms with Crippen molar-refractivity contribution in [1.29, 1.82) is 0 Å². The summed E-state index contributed by atoms with van der Waals surface area (Å²) in [6.07, 6.45) is 2.34. The average molecular weight is 584 g/mol. The molecular formula is C30H35BrN2O3S. The van der Waals surface area contributed by atoms with Gasteiger partial charge in [0.05, 0.1) is 12.9 Å². The Balaban J connectivity index is 1.84. The van der Waals surface area contributed by atoms with Gasteiger partial charge in [-0.15, -0.1) is 11.8 Å². The second-order valence-electron chi connectivity index (χ2n) is 8.84. The van der Waals surface area contributed by atoms with E-state index >= 15 is 0 Å². The third-order valence-electron chi connectivity index (χ3n) is 6.00. The first-order chi connectivity index (χ1) is 18.0. The maximum absolute atomic E-state index is 13.7. The molecule has 0 unspecified atom stereocenters. The van der Waals surface area contributed by atoms with E-state index in [4.69, 9.17) is 4.74 Å². The van der Waals surface area contributed by atoms with Crippen LogP contribution in [0.1, 0.15) is 36.5 Å². The molecule has 0 spiro atoms. The number of ether oxygens (including phenoxy) is 1. The predicted molar refractivity (Wildman–Crippen MR) is 156 cm³/mol. The summed E-state index contributed by atoms with van der Waals surface area (Å²) in [7, 11) is 1.63. The highest BCUT2D eigenvalue weighted by Crippen LogP contribution is 2.21. The lowest BCUT2D eigenvalue weighted by molar-refractivity contribution is -0.139. The molecule has 5 nitrogen and oxygen atoms in total. The summed E-state index contributed by atoms with van der Waals surface area (Å²) in [6, 6.07) is 25.0. The van der Waals surface area contributed by atoms with Crippen LogP contribution in [0.2, 0.25) is 0 Å². The van der Waals surface area contributed by atoms with Gasteiger partial charge in [-0.3, -0.25) is 9.59 Å². The number of nitrogens with one attached hydrogen (secondary N) is 1. The summed E-state index contributed by atoms with van der Waals surface area (Å²) in [4.78, 5) is 28.9. The highest BCUT2D eigenvalue weighted by atomic mass is 79.9. The Labute approximate surface area is 233 Å². The molecule has 7 heteroatoms. The molecule has 2 amide bonds. The Morgan fingerprint density at radius 2 is 1.70 bits per heavy atom. The van der Waals surface area contributed by atoms with E-state index in [9.17, 15) is 9.59 Å². The first kappa shape index (κ1) is 28.8. The molecule has 0 saturated heterocycles. The minimum absolute atomic E-state index is 0.0588. The molecular weight excluding hydrogens is 548 g/mol. The number of benzene rings is 3. The third-order valence-corrected chi connectivity index (χ3v) is 7.51. The van der Waals surface area contributed by atoms with Gasteiger partial charge in [0.1, 0.15) is 11.8 Å². The predicted octanol–water partition coefficient (Wildman–Crippen LogP) is 6.25. The van der Waals surface area contributed by atoms with Crippen molar-refractivity contribution < 1.29 is 14.3 Å². The lowest BCUT2D eigenvalue weighted by atomic mass is 10.0. The number of hydrogen-bond acceptors (Lipinski definition) is 4. The summed E-state index contributed by atoms with van der Waals surface area (Å²) in [5, 5.41) is 3.07. The maximum atomic E-state index is 13.7. The van der Waals surface area contributed by atoms with Crippen molar-refractivity contribution in [2.45, 2.75) is 44.5 Å². The van der Waals surface area contributed by atoms with E-state index in [0.29, 0.717) is 19.5 Å². The van der Waals surface area contributed by atoms with Crippen molar-refractivity contribution in [3.05, 3.63) is 100 Å². The van der Waals surface area contributed by atoms with Gasteiger partial charge >= 0.3 is 0 Å². The Kier molecular flexibility index (Phi) is 12.0. The molecule has 0 aliphatic rings. The number of hydrogen-bond donors (Lipinski definition) is 1. The van der Waals surface area contributed by atoms with Crippen LogP contribution in [0.3, 0.4) is 0 Å². The second-order valence-corrected chi connectivity index (χ2v) is 10.7. The number of nitrogens with zero attached hydrogens (tertiary/aromatic N) is 1. The van der Waals surface area contributed by atoms with Crippen LogP contribution in [-0.2, 0) is 28.3 Å². The summed E-state index contributed by atoms with van der Waals surface area (Å²) in [6.45, 7) is 3.02. The first-order valence-electron chi connectivity index (χ1n) is 12.6. The molecule has 196 valence electrons. The number of carbonyl (C=O) groups is 2. The fourth-order valence-corrected chi connectivity index (χ4v) is 5.08. The van der Waals surface area contributed by atoms with E-state index < -0.39 is 6.04 Å². The Morgan fingerprint density at radius 3 is 2.41 bits per heavy atom. The van der Waals surface area contributed by atoms with Gasteiger partial charge in [-0.1, -0.05) is 83.9 Å². The van der Waals surface area contributed by atoms with Crippen LogP contribution in [0, 0.1) is 0 Å². The van der Waals surface area contributed by atoms with E-state index in [1.165, 1.54) is 0 Å². The van der Waals surface area contributed by atoms with Crippen molar-refractivity contribution >= 4 is 39.5 Å². The average Bonchev–Trinajstić information content (AvgIpc) is 2.92. The molecule has 0 bridgehead atoms.